The predicted molar refractivity (Wildman–Crippen MR) is 90.4 cm³/mol. The molecule has 7 heteroatoms. The molecule has 0 aliphatic carbocycles. The fourth-order valence-electron chi connectivity index (χ4n) is 1.73. The smallest absolute Gasteiger partial charge is 0.263 e. The van der Waals surface area contributed by atoms with Gasteiger partial charge in [0.25, 0.3) is 10.0 Å². The molecule has 0 bridgehead atoms. The standard InChI is InChI=1S/C14H13Br2NO3S/c1-9-3-6-14(12(16)7-9)21(18,19)17-13-8-10(20-2)4-5-11(13)15/h3-8,17H,1-2H3. The summed E-state index contributed by atoms with van der Waals surface area (Å²) < 4.78 is 33.8. The minimum Gasteiger partial charge on any atom is -0.497 e. The normalized spacial score (nSPS) is 11.2. The van der Waals surface area contributed by atoms with Gasteiger partial charge in [-0.15, -0.1) is 0 Å². The Labute approximate surface area is 140 Å². The van der Waals surface area contributed by atoms with Crippen LogP contribution < -0.4 is 9.46 Å². The van der Waals surface area contributed by atoms with Crippen LogP contribution in [0.25, 0.3) is 0 Å². The zero-order valence-corrected chi connectivity index (χ0v) is 15.3. The Kier molecular flexibility index (Phi) is 4.95. The molecule has 0 aromatic heterocycles. The van der Waals surface area contributed by atoms with Gasteiger partial charge in [0.2, 0.25) is 0 Å². The number of anilines is 1. The Balaban J connectivity index is 2.42. The van der Waals surface area contributed by atoms with Gasteiger partial charge in [-0.25, -0.2) is 8.42 Å². The van der Waals surface area contributed by atoms with Crippen molar-refractivity contribution in [1.29, 1.82) is 0 Å². The second-order valence-electron chi connectivity index (χ2n) is 4.39. The lowest BCUT2D eigenvalue weighted by Gasteiger charge is -2.12. The molecule has 0 aliphatic heterocycles. The third-order valence-electron chi connectivity index (χ3n) is 2.79. The highest BCUT2D eigenvalue weighted by Gasteiger charge is 2.19. The molecule has 112 valence electrons. The molecule has 0 atom stereocenters. The minimum absolute atomic E-state index is 0.183. The summed E-state index contributed by atoms with van der Waals surface area (Å²) in [6.45, 7) is 1.90. The van der Waals surface area contributed by atoms with E-state index < -0.39 is 10.0 Å². The van der Waals surface area contributed by atoms with Crippen molar-refractivity contribution in [2.75, 3.05) is 11.8 Å². The van der Waals surface area contributed by atoms with E-state index in [4.69, 9.17) is 4.74 Å². The molecule has 0 saturated heterocycles. The van der Waals surface area contributed by atoms with E-state index in [2.05, 4.69) is 36.6 Å². The van der Waals surface area contributed by atoms with Crippen molar-refractivity contribution in [3.63, 3.8) is 0 Å². The number of nitrogens with one attached hydrogen (secondary N) is 1. The Morgan fingerprint density at radius 3 is 2.38 bits per heavy atom. The molecule has 4 nitrogen and oxygen atoms in total. The lowest BCUT2D eigenvalue weighted by Crippen LogP contribution is -2.14. The monoisotopic (exact) mass is 433 g/mol. The molecule has 0 spiro atoms. The molecule has 0 amide bonds. The molecule has 0 fully saturated rings. The average Bonchev–Trinajstić information content (AvgIpc) is 2.40. The van der Waals surface area contributed by atoms with E-state index in [1.807, 2.05) is 6.92 Å². The van der Waals surface area contributed by atoms with Crippen LogP contribution in [0.2, 0.25) is 0 Å². The molecule has 2 rings (SSSR count). The molecule has 0 unspecified atom stereocenters. The first-order chi connectivity index (χ1) is 9.83. The van der Waals surface area contributed by atoms with Crippen LogP contribution in [0.3, 0.4) is 0 Å². The maximum atomic E-state index is 12.5. The van der Waals surface area contributed by atoms with E-state index in [-0.39, 0.29) is 4.90 Å². The van der Waals surface area contributed by atoms with Crippen LogP contribution in [0.4, 0.5) is 5.69 Å². The van der Waals surface area contributed by atoms with Crippen LogP contribution in [0, 0.1) is 6.92 Å². The Morgan fingerprint density at radius 2 is 1.76 bits per heavy atom. The fourth-order valence-corrected chi connectivity index (χ4v) is 4.47. The molecular weight excluding hydrogens is 422 g/mol. The Morgan fingerprint density at radius 1 is 1.05 bits per heavy atom. The summed E-state index contributed by atoms with van der Waals surface area (Å²) in [5, 5.41) is 0. The van der Waals surface area contributed by atoms with Crippen LogP contribution in [-0.4, -0.2) is 15.5 Å². The van der Waals surface area contributed by atoms with E-state index in [1.54, 1.807) is 36.4 Å². The molecule has 0 saturated carbocycles. The van der Waals surface area contributed by atoms with Gasteiger partial charge in [-0.2, -0.15) is 0 Å². The number of aryl methyl sites for hydroxylation is 1. The number of benzene rings is 2. The van der Waals surface area contributed by atoms with Crippen molar-refractivity contribution in [3.8, 4) is 5.75 Å². The minimum atomic E-state index is -3.69. The maximum Gasteiger partial charge on any atom is 0.263 e. The van der Waals surface area contributed by atoms with Gasteiger partial charge in [0.15, 0.2) is 0 Å². The van der Waals surface area contributed by atoms with Gasteiger partial charge in [-0.05, 0) is 68.6 Å². The molecule has 1 N–H and O–H groups in total. The largest absolute Gasteiger partial charge is 0.497 e. The number of hydrogen-bond acceptors (Lipinski definition) is 3. The number of methoxy groups -OCH3 is 1. The van der Waals surface area contributed by atoms with E-state index >= 15 is 0 Å². The highest BCUT2D eigenvalue weighted by atomic mass is 79.9. The van der Waals surface area contributed by atoms with Gasteiger partial charge in [0.05, 0.1) is 12.8 Å². The quantitative estimate of drug-likeness (QED) is 0.778. The van der Waals surface area contributed by atoms with Crippen molar-refractivity contribution >= 4 is 47.6 Å². The van der Waals surface area contributed by atoms with Crippen molar-refractivity contribution in [3.05, 3.63) is 50.9 Å². The van der Waals surface area contributed by atoms with Crippen LogP contribution in [0.15, 0.2) is 50.2 Å². The number of sulfonamides is 1. The molecular formula is C14H13Br2NO3S. The first kappa shape index (κ1) is 16.3. The van der Waals surface area contributed by atoms with Crippen molar-refractivity contribution in [1.82, 2.24) is 0 Å². The first-order valence-electron chi connectivity index (χ1n) is 5.96. The summed E-state index contributed by atoms with van der Waals surface area (Å²) >= 11 is 6.61. The summed E-state index contributed by atoms with van der Waals surface area (Å²) in [4.78, 5) is 0.183. The number of halogens is 2. The topological polar surface area (TPSA) is 55.4 Å². The van der Waals surface area contributed by atoms with Gasteiger partial charge >= 0.3 is 0 Å². The highest BCUT2D eigenvalue weighted by Crippen LogP contribution is 2.31. The first-order valence-corrected chi connectivity index (χ1v) is 9.03. The number of ether oxygens (including phenoxy) is 1. The highest BCUT2D eigenvalue weighted by molar-refractivity contribution is 9.11. The van der Waals surface area contributed by atoms with Gasteiger partial charge in [0.1, 0.15) is 10.6 Å². The van der Waals surface area contributed by atoms with Gasteiger partial charge in [0, 0.05) is 15.0 Å². The maximum absolute atomic E-state index is 12.5. The molecule has 0 aliphatic rings. The fraction of sp³-hybridized carbons (Fsp3) is 0.143. The van der Waals surface area contributed by atoms with E-state index in [1.165, 1.54) is 7.11 Å². The second kappa shape index (κ2) is 6.37. The summed E-state index contributed by atoms with van der Waals surface area (Å²) in [5.41, 5.74) is 1.39. The van der Waals surface area contributed by atoms with Crippen molar-refractivity contribution in [2.24, 2.45) is 0 Å². The van der Waals surface area contributed by atoms with Gasteiger partial charge in [-0.1, -0.05) is 6.07 Å². The zero-order chi connectivity index (χ0) is 15.6. The molecule has 2 aromatic rings. The third kappa shape index (κ3) is 3.78. The lowest BCUT2D eigenvalue weighted by molar-refractivity contribution is 0.415. The summed E-state index contributed by atoms with van der Waals surface area (Å²) in [5.74, 6) is 0.568. The molecule has 21 heavy (non-hydrogen) atoms. The third-order valence-corrected chi connectivity index (χ3v) is 5.83. The van der Waals surface area contributed by atoms with E-state index in [0.717, 1.165) is 5.56 Å². The van der Waals surface area contributed by atoms with Crippen molar-refractivity contribution < 1.29 is 13.2 Å². The number of hydrogen-bond donors (Lipinski definition) is 1. The van der Waals surface area contributed by atoms with Crippen LogP contribution >= 0.6 is 31.9 Å². The van der Waals surface area contributed by atoms with Gasteiger partial charge in [-0.3, -0.25) is 4.72 Å². The van der Waals surface area contributed by atoms with Crippen LogP contribution in [-0.2, 0) is 10.0 Å². The second-order valence-corrected chi connectivity index (χ2v) is 7.74. The van der Waals surface area contributed by atoms with Crippen molar-refractivity contribution in [2.45, 2.75) is 11.8 Å². The lowest BCUT2D eigenvalue weighted by atomic mass is 10.2. The van der Waals surface area contributed by atoms with E-state index in [9.17, 15) is 8.42 Å². The van der Waals surface area contributed by atoms with Crippen LogP contribution in [0.1, 0.15) is 5.56 Å². The SMILES string of the molecule is COc1ccc(Br)c(NS(=O)(=O)c2ccc(C)cc2Br)c1. The Bertz CT molecular complexity index is 776. The van der Waals surface area contributed by atoms with Gasteiger partial charge < -0.3 is 4.74 Å². The predicted octanol–water partition coefficient (Wildman–Crippen LogP) is 4.33. The zero-order valence-electron chi connectivity index (χ0n) is 11.4. The molecule has 2 aromatic carbocycles. The summed E-state index contributed by atoms with van der Waals surface area (Å²) in [6, 6.07) is 10.2. The Hall–Kier alpha value is -1.05. The average molecular weight is 435 g/mol. The number of rotatable bonds is 4. The van der Waals surface area contributed by atoms with E-state index in [0.29, 0.717) is 20.4 Å². The van der Waals surface area contributed by atoms with Crippen LogP contribution in [0.5, 0.6) is 5.75 Å². The summed E-state index contributed by atoms with van der Waals surface area (Å²) in [7, 11) is -2.16. The molecule has 0 radical (unpaired) electrons. The summed E-state index contributed by atoms with van der Waals surface area (Å²) in [6.07, 6.45) is 0. The molecule has 0 heterocycles.